The first kappa shape index (κ1) is 22.1. The average Bonchev–Trinajstić information content (AvgIpc) is 2.27. The number of rotatable bonds is 8. The van der Waals surface area contributed by atoms with Crippen molar-refractivity contribution in [1.82, 2.24) is 5.32 Å². The topological polar surface area (TPSA) is 125 Å². The minimum atomic E-state index is -3.72. The fourth-order valence-electron chi connectivity index (χ4n) is 1.35. The molecule has 0 bridgehead atoms. The average molecular weight is 375 g/mol. The van der Waals surface area contributed by atoms with Gasteiger partial charge in [0.15, 0.2) is 0 Å². The lowest BCUT2D eigenvalue weighted by Gasteiger charge is -2.26. The number of hydrogen-bond donors (Lipinski definition) is 1. The lowest BCUT2D eigenvalue weighted by Crippen LogP contribution is -2.46. The van der Waals surface area contributed by atoms with Crippen LogP contribution in [0.15, 0.2) is 0 Å². The highest BCUT2D eigenvalue weighted by Gasteiger charge is 2.26. The van der Waals surface area contributed by atoms with Crippen molar-refractivity contribution in [3.05, 3.63) is 0 Å². The third kappa shape index (κ3) is 13.2. The van der Waals surface area contributed by atoms with E-state index in [0.717, 1.165) is 12.5 Å². The van der Waals surface area contributed by atoms with Crippen LogP contribution in [-0.4, -0.2) is 60.3 Å². The molecule has 138 valence electrons. The number of ether oxygens (including phenoxy) is 1. The largest absolute Gasteiger partial charge is 0.444 e. The van der Waals surface area contributed by atoms with E-state index in [0.29, 0.717) is 0 Å². The van der Waals surface area contributed by atoms with Crippen molar-refractivity contribution in [2.75, 3.05) is 25.7 Å². The van der Waals surface area contributed by atoms with Crippen LogP contribution in [0.5, 0.6) is 0 Å². The quantitative estimate of drug-likeness (QED) is 0.607. The molecule has 23 heavy (non-hydrogen) atoms. The second-order valence-electron chi connectivity index (χ2n) is 6.21. The van der Waals surface area contributed by atoms with E-state index in [1.807, 2.05) is 0 Å². The third-order valence-electron chi connectivity index (χ3n) is 2.40. The zero-order chi connectivity index (χ0) is 18.5. The number of hydrogen-bond acceptors (Lipinski definition) is 8. The summed E-state index contributed by atoms with van der Waals surface area (Å²) in [5.41, 5.74) is -0.737. The Morgan fingerprint density at radius 2 is 1.43 bits per heavy atom. The monoisotopic (exact) mass is 375 g/mol. The lowest BCUT2D eigenvalue weighted by atomic mass is 10.0. The molecule has 9 nitrogen and oxygen atoms in total. The molecular weight excluding hydrogens is 350 g/mol. The van der Waals surface area contributed by atoms with E-state index >= 15 is 0 Å². The summed E-state index contributed by atoms with van der Waals surface area (Å²) < 4.78 is 58.7. The Balaban J connectivity index is 4.89. The highest BCUT2D eigenvalue weighted by molar-refractivity contribution is 7.86. The fourth-order valence-corrected chi connectivity index (χ4v) is 2.21. The molecule has 0 unspecified atom stereocenters. The van der Waals surface area contributed by atoms with Gasteiger partial charge in [0.25, 0.3) is 20.2 Å². The predicted octanol–water partition coefficient (Wildman–Crippen LogP) is 0.468. The highest BCUT2D eigenvalue weighted by Crippen LogP contribution is 2.11. The van der Waals surface area contributed by atoms with Gasteiger partial charge in [-0.05, 0) is 20.8 Å². The van der Waals surface area contributed by atoms with Crippen LogP contribution in [0.1, 0.15) is 27.7 Å². The molecule has 1 N–H and O–H groups in total. The molecule has 0 rings (SSSR count). The van der Waals surface area contributed by atoms with Crippen LogP contribution in [-0.2, 0) is 33.3 Å². The first-order valence-corrected chi connectivity index (χ1v) is 10.4. The van der Waals surface area contributed by atoms with Crippen molar-refractivity contribution in [1.29, 1.82) is 0 Å². The Morgan fingerprint density at radius 1 is 1.00 bits per heavy atom. The second kappa shape index (κ2) is 8.27. The van der Waals surface area contributed by atoms with Crippen LogP contribution >= 0.6 is 0 Å². The van der Waals surface area contributed by atoms with Gasteiger partial charge in [0.1, 0.15) is 5.60 Å². The maximum Gasteiger partial charge on any atom is 0.407 e. The smallest absolute Gasteiger partial charge is 0.407 e. The summed E-state index contributed by atoms with van der Waals surface area (Å²) in [7, 11) is -7.37. The number of carbonyl (C=O) groups is 1. The van der Waals surface area contributed by atoms with E-state index in [2.05, 4.69) is 13.7 Å². The van der Waals surface area contributed by atoms with E-state index in [-0.39, 0.29) is 13.2 Å². The summed E-state index contributed by atoms with van der Waals surface area (Å²) in [6.07, 6.45) is 0.990. The van der Waals surface area contributed by atoms with Crippen LogP contribution in [0.25, 0.3) is 0 Å². The van der Waals surface area contributed by atoms with Gasteiger partial charge in [-0.25, -0.2) is 4.79 Å². The maximum atomic E-state index is 11.8. The molecule has 11 heteroatoms. The number of amides is 1. The fraction of sp³-hybridized carbons (Fsp3) is 0.917. The first-order valence-electron chi connectivity index (χ1n) is 6.77. The van der Waals surface area contributed by atoms with Gasteiger partial charge >= 0.3 is 6.09 Å². The number of carbonyl (C=O) groups excluding carboxylic acids is 1. The molecular formula is C12H25NO8S2. The normalized spacial score (nSPS) is 15.7. The van der Waals surface area contributed by atoms with Crippen molar-refractivity contribution in [3.63, 3.8) is 0 Å². The lowest BCUT2D eigenvalue weighted by molar-refractivity contribution is 0.0454. The summed E-state index contributed by atoms with van der Waals surface area (Å²) in [5.74, 6) is -0.543. The molecule has 0 aliphatic rings. The summed E-state index contributed by atoms with van der Waals surface area (Å²) in [6, 6.07) is -0.818. The van der Waals surface area contributed by atoms with Gasteiger partial charge < -0.3 is 10.1 Å². The van der Waals surface area contributed by atoms with Crippen molar-refractivity contribution in [2.45, 2.75) is 39.3 Å². The Bertz CT molecular complexity index is 591. The molecule has 0 saturated heterocycles. The van der Waals surface area contributed by atoms with E-state index in [1.165, 1.54) is 0 Å². The molecule has 1 amide bonds. The Kier molecular flexibility index (Phi) is 7.94. The predicted molar refractivity (Wildman–Crippen MR) is 83.9 cm³/mol. The van der Waals surface area contributed by atoms with E-state index in [4.69, 9.17) is 4.74 Å². The SMILES string of the molecule is C[C@@H](COS(C)(=O)=O)[C@@H](COS(C)(=O)=O)NC(=O)OC(C)(C)C. The number of alkyl carbamates (subject to hydrolysis) is 1. The zero-order valence-electron chi connectivity index (χ0n) is 14.2. The molecule has 0 aliphatic carbocycles. The van der Waals surface area contributed by atoms with Gasteiger partial charge in [-0.1, -0.05) is 6.92 Å². The Morgan fingerprint density at radius 3 is 1.83 bits per heavy atom. The molecule has 0 fully saturated rings. The third-order valence-corrected chi connectivity index (χ3v) is 3.52. The summed E-state index contributed by atoms with van der Waals surface area (Å²) in [5, 5.41) is 2.46. The molecule has 0 aromatic rings. The maximum absolute atomic E-state index is 11.8. The molecule has 0 spiro atoms. The second-order valence-corrected chi connectivity index (χ2v) is 9.50. The van der Waals surface area contributed by atoms with Gasteiger partial charge in [0, 0.05) is 5.92 Å². The van der Waals surface area contributed by atoms with Crippen LogP contribution in [0, 0.1) is 5.92 Å². The number of nitrogens with one attached hydrogen (secondary N) is 1. The van der Waals surface area contributed by atoms with Crippen LogP contribution in [0.4, 0.5) is 4.79 Å². The minimum Gasteiger partial charge on any atom is -0.444 e. The van der Waals surface area contributed by atoms with Gasteiger partial charge in [-0.3, -0.25) is 8.37 Å². The molecule has 0 aromatic heterocycles. The molecule has 0 aromatic carbocycles. The van der Waals surface area contributed by atoms with Gasteiger partial charge in [0.2, 0.25) is 0 Å². The van der Waals surface area contributed by atoms with Crippen LogP contribution in [0.2, 0.25) is 0 Å². The van der Waals surface area contributed by atoms with E-state index < -0.39 is 43.9 Å². The van der Waals surface area contributed by atoms with Gasteiger partial charge in [-0.2, -0.15) is 16.8 Å². The molecule has 0 heterocycles. The standard InChI is InChI=1S/C12H25NO8S2/c1-9(7-19-22(5,15)16)10(8-20-23(6,17)18)13-11(14)21-12(2,3)4/h9-10H,7-8H2,1-6H3,(H,13,14)/t9-,10+/m0/s1. The summed E-state index contributed by atoms with van der Waals surface area (Å²) >= 11 is 0. The van der Waals surface area contributed by atoms with Crippen LogP contribution < -0.4 is 5.32 Å². The Hall–Kier alpha value is -0.910. The van der Waals surface area contributed by atoms with E-state index in [1.54, 1.807) is 27.7 Å². The van der Waals surface area contributed by atoms with Gasteiger partial charge in [0.05, 0.1) is 31.8 Å². The minimum absolute atomic E-state index is 0.244. The van der Waals surface area contributed by atoms with Crippen molar-refractivity contribution in [3.8, 4) is 0 Å². The summed E-state index contributed by atoms with van der Waals surface area (Å²) in [6.45, 7) is 5.98. The molecule has 0 radical (unpaired) electrons. The van der Waals surface area contributed by atoms with E-state index in [9.17, 15) is 21.6 Å². The highest BCUT2D eigenvalue weighted by atomic mass is 32.2. The van der Waals surface area contributed by atoms with Crippen molar-refractivity contribution >= 4 is 26.3 Å². The summed E-state index contributed by atoms with van der Waals surface area (Å²) in [4.78, 5) is 11.8. The van der Waals surface area contributed by atoms with Crippen molar-refractivity contribution < 1.29 is 34.7 Å². The Labute approximate surface area is 137 Å². The molecule has 0 saturated carbocycles. The molecule has 0 aliphatic heterocycles. The van der Waals surface area contributed by atoms with Gasteiger partial charge in [-0.15, -0.1) is 0 Å². The van der Waals surface area contributed by atoms with Crippen molar-refractivity contribution in [2.24, 2.45) is 5.92 Å². The first-order chi connectivity index (χ1) is 10.1. The molecule has 2 atom stereocenters. The van der Waals surface area contributed by atoms with Crippen LogP contribution in [0.3, 0.4) is 0 Å². The zero-order valence-corrected chi connectivity index (χ0v) is 15.8.